The maximum atomic E-state index is 12.9. The summed E-state index contributed by atoms with van der Waals surface area (Å²) in [5.74, 6) is 2.34. The van der Waals surface area contributed by atoms with Crippen molar-refractivity contribution in [3.63, 3.8) is 0 Å². The first-order valence-corrected chi connectivity index (χ1v) is 14.0. The molecule has 0 unspecified atom stereocenters. The van der Waals surface area contributed by atoms with Crippen LogP contribution in [0.5, 0.6) is 23.0 Å². The van der Waals surface area contributed by atoms with Crippen molar-refractivity contribution in [2.75, 3.05) is 49.8 Å². The Balaban J connectivity index is 1.24. The van der Waals surface area contributed by atoms with Gasteiger partial charge in [0.05, 0.1) is 18.9 Å². The number of carbonyl (C=O) groups is 1. The summed E-state index contributed by atoms with van der Waals surface area (Å²) in [5, 5.41) is 3.55. The van der Waals surface area contributed by atoms with Crippen LogP contribution in [-0.4, -0.2) is 68.9 Å². The predicted octanol–water partition coefficient (Wildman–Crippen LogP) is 4.12. The molecule has 0 bridgehead atoms. The third-order valence-corrected chi connectivity index (χ3v) is 6.57. The van der Waals surface area contributed by atoms with Crippen molar-refractivity contribution in [3.8, 4) is 23.0 Å². The molecule has 1 N–H and O–H groups in total. The van der Waals surface area contributed by atoms with Crippen LogP contribution >= 0.6 is 0 Å². The molecule has 1 aliphatic heterocycles. The average Bonchev–Trinajstić information content (AvgIpc) is 2.93. The number of hydrogen-bond acceptors (Lipinski definition) is 9. The van der Waals surface area contributed by atoms with Crippen LogP contribution < -0.4 is 23.9 Å². The number of rotatable bonds is 7. The van der Waals surface area contributed by atoms with Gasteiger partial charge >= 0.3 is 16.1 Å². The van der Waals surface area contributed by atoms with Crippen molar-refractivity contribution in [1.29, 1.82) is 0 Å². The quantitative estimate of drug-likeness (QED) is 0.339. The van der Waals surface area contributed by atoms with Crippen LogP contribution in [0.4, 0.5) is 16.3 Å². The van der Waals surface area contributed by atoms with E-state index in [1.54, 1.807) is 41.3 Å². The van der Waals surface area contributed by atoms with Gasteiger partial charge in [-0.05, 0) is 42.5 Å². The fourth-order valence-corrected chi connectivity index (χ4v) is 4.70. The number of anilines is 2. The van der Waals surface area contributed by atoms with E-state index in [4.69, 9.17) is 13.7 Å². The highest BCUT2D eigenvalue weighted by atomic mass is 32.2. The smallest absolute Gasteiger partial charge is 0.321 e. The van der Waals surface area contributed by atoms with Gasteiger partial charge in [-0.25, -0.2) is 14.8 Å². The molecule has 1 aromatic heterocycles. The molecule has 2 heterocycles. The molecule has 2 amide bonds. The standard InChI is InChI=1S/C27H27N5O6S/c1-36-24-17-23-22(16-25(24)38-39(2,34)35)26(29-18-28-23)31-12-14-32(15-13-31)27(33)30-19-8-10-21(11-9-19)37-20-6-4-3-5-7-20/h3-11,16-18H,12-15H2,1-2H3,(H,30,33). The Morgan fingerprint density at radius 1 is 0.897 bits per heavy atom. The second-order valence-electron chi connectivity index (χ2n) is 8.85. The third kappa shape index (κ3) is 6.29. The number of carbonyl (C=O) groups excluding carboxylic acids is 1. The van der Waals surface area contributed by atoms with Crippen LogP contribution in [0, 0.1) is 0 Å². The molecule has 0 atom stereocenters. The van der Waals surface area contributed by atoms with Gasteiger partial charge in [0.25, 0.3) is 0 Å². The number of urea groups is 1. The zero-order valence-corrected chi connectivity index (χ0v) is 22.2. The van der Waals surface area contributed by atoms with E-state index in [1.807, 2.05) is 35.2 Å². The van der Waals surface area contributed by atoms with E-state index in [0.29, 0.717) is 54.3 Å². The zero-order chi connectivity index (χ0) is 27.4. The van der Waals surface area contributed by atoms with Crippen molar-refractivity contribution in [3.05, 3.63) is 73.1 Å². The summed E-state index contributed by atoms with van der Waals surface area (Å²) in [7, 11) is -2.34. The monoisotopic (exact) mass is 549 g/mol. The molecule has 39 heavy (non-hydrogen) atoms. The Morgan fingerprint density at radius 2 is 1.59 bits per heavy atom. The number of aromatic nitrogens is 2. The molecule has 0 saturated carbocycles. The first kappa shape index (κ1) is 26.0. The molecule has 1 aliphatic rings. The zero-order valence-electron chi connectivity index (χ0n) is 21.4. The Morgan fingerprint density at radius 3 is 2.26 bits per heavy atom. The van der Waals surface area contributed by atoms with E-state index >= 15 is 0 Å². The SMILES string of the molecule is COc1cc2ncnc(N3CCN(C(=O)Nc4ccc(Oc5ccccc5)cc4)CC3)c2cc1OS(C)(=O)=O. The average molecular weight is 550 g/mol. The van der Waals surface area contributed by atoms with Gasteiger partial charge in [-0.3, -0.25) is 0 Å². The van der Waals surface area contributed by atoms with E-state index in [9.17, 15) is 13.2 Å². The number of benzene rings is 3. The largest absolute Gasteiger partial charge is 0.493 e. The number of ether oxygens (including phenoxy) is 2. The first-order chi connectivity index (χ1) is 18.8. The maximum absolute atomic E-state index is 12.9. The van der Waals surface area contributed by atoms with Crippen LogP contribution in [0.25, 0.3) is 10.9 Å². The van der Waals surface area contributed by atoms with Crippen molar-refractivity contribution in [2.24, 2.45) is 0 Å². The van der Waals surface area contributed by atoms with Gasteiger partial charge in [-0.2, -0.15) is 8.42 Å². The van der Waals surface area contributed by atoms with Crippen molar-refractivity contribution >= 4 is 38.6 Å². The molecule has 12 heteroatoms. The molecule has 0 aliphatic carbocycles. The predicted molar refractivity (Wildman–Crippen MR) is 147 cm³/mol. The summed E-state index contributed by atoms with van der Waals surface area (Å²) >= 11 is 0. The molecule has 0 radical (unpaired) electrons. The van der Waals surface area contributed by atoms with Gasteiger partial charge in [0.2, 0.25) is 0 Å². The molecule has 0 spiro atoms. The second kappa shape index (κ2) is 11.0. The van der Waals surface area contributed by atoms with Crippen molar-refractivity contribution in [1.82, 2.24) is 14.9 Å². The summed E-state index contributed by atoms with van der Waals surface area (Å²) < 4.78 is 39.7. The minimum absolute atomic E-state index is 0.0572. The Hall–Kier alpha value is -4.58. The van der Waals surface area contributed by atoms with Gasteiger partial charge in [0, 0.05) is 43.3 Å². The summed E-state index contributed by atoms with van der Waals surface area (Å²) in [4.78, 5) is 25.4. The summed E-state index contributed by atoms with van der Waals surface area (Å²) in [6, 6.07) is 19.6. The van der Waals surface area contributed by atoms with Gasteiger partial charge in [0.15, 0.2) is 11.5 Å². The number of nitrogens with one attached hydrogen (secondary N) is 1. The first-order valence-electron chi connectivity index (χ1n) is 12.1. The summed E-state index contributed by atoms with van der Waals surface area (Å²) in [6.45, 7) is 1.99. The maximum Gasteiger partial charge on any atom is 0.321 e. The number of methoxy groups -OCH3 is 1. The lowest BCUT2D eigenvalue weighted by atomic mass is 10.2. The molecule has 4 aromatic rings. The van der Waals surface area contributed by atoms with Gasteiger partial charge in [-0.15, -0.1) is 0 Å². The highest BCUT2D eigenvalue weighted by Gasteiger charge is 2.24. The van der Waals surface area contributed by atoms with E-state index in [1.165, 1.54) is 13.4 Å². The minimum atomic E-state index is -3.77. The Bertz CT molecular complexity index is 1570. The summed E-state index contributed by atoms with van der Waals surface area (Å²) in [5.41, 5.74) is 1.24. The van der Waals surface area contributed by atoms with Crippen LogP contribution in [0.2, 0.25) is 0 Å². The lowest BCUT2D eigenvalue weighted by Crippen LogP contribution is -2.50. The fraction of sp³-hybridized carbons (Fsp3) is 0.222. The summed E-state index contributed by atoms with van der Waals surface area (Å²) in [6.07, 6.45) is 2.41. The van der Waals surface area contributed by atoms with E-state index < -0.39 is 10.1 Å². The minimum Gasteiger partial charge on any atom is -0.493 e. The van der Waals surface area contributed by atoms with Crippen molar-refractivity contribution < 1.29 is 26.9 Å². The van der Waals surface area contributed by atoms with Crippen LogP contribution in [0.3, 0.4) is 0 Å². The number of amides is 2. The molecular weight excluding hydrogens is 522 g/mol. The topological polar surface area (TPSA) is 123 Å². The molecule has 1 fully saturated rings. The Labute approximate surface area is 226 Å². The molecule has 202 valence electrons. The molecule has 1 saturated heterocycles. The van der Waals surface area contributed by atoms with Gasteiger partial charge in [0.1, 0.15) is 23.6 Å². The number of nitrogens with zero attached hydrogens (tertiary/aromatic N) is 4. The molecule has 5 rings (SSSR count). The number of para-hydroxylation sites is 1. The molecular formula is C27H27N5O6S. The normalized spacial score (nSPS) is 13.7. The van der Waals surface area contributed by atoms with E-state index in [2.05, 4.69) is 15.3 Å². The van der Waals surface area contributed by atoms with Gasteiger partial charge < -0.3 is 28.8 Å². The third-order valence-electron chi connectivity index (χ3n) is 6.09. The number of hydrogen-bond donors (Lipinski definition) is 1. The lowest BCUT2D eigenvalue weighted by Gasteiger charge is -2.35. The lowest BCUT2D eigenvalue weighted by molar-refractivity contribution is 0.208. The van der Waals surface area contributed by atoms with Crippen LogP contribution in [0.15, 0.2) is 73.1 Å². The van der Waals surface area contributed by atoms with E-state index in [0.717, 1.165) is 12.0 Å². The van der Waals surface area contributed by atoms with Crippen LogP contribution in [-0.2, 0) is 10.1 Å². The molecule has 3 aromatic carbocycles. The van der Waals surface area contributed by atoms with E-state index in [-0.39, 0.29) is 17.5 Å². The van der Waals surface area contributed by atoms with Gasteiger partial charge in [-0.1, -0.05) is 18.2 Å². The number of fused-ring (bicyclic) bond motifs is 1. The highest BCUT2D eigenvalue weighted by Crippen LogP contribution is 2.36. The highest BCUT2D eigenvalue weighted by molar-refractivity contribution is 7.86. The second-order valence-corrected chi connectivity index (χ2v) is 10.4. The Kier molecular flexibility index (Phi) is 7.37. The number of piperazine rings is 1. The van der Waals surface area contributed by atoms with Crippen molar-refractivity contribution in [2.45, 2.75) is 0 Å². The molecule has 11 nitrogen and oxygen atoms in total. The fourth-order valence-electron chi connectivity index (χ4n) is 4.24. The van der Waals surface area contributed by atoms with Crippen LogP contribution in [0.1, 0.15) is 0 Å².